The van der Waals surface area contributed by atoms with Gasteiger partial charge in [-0.05, 0) is 12.0 Å². The van der Waals surface area contributed by atoms with Gasteiger partial charge in [-0.3, -0.25) is 9.36 Å². The Hall–Kier alpha value is -2.17. The normalized spacial score (nSPS) is 10.6. The summed E-state index contributed by atoms with van der Waals surface area (Å²) in [6, 6.07) is 7.42. The lowest BCUT2D eigenvalue weighted by Gasteiger charge is -2.02. The standard InChI is InChI=1S/C13H15N3O2/c1-3-10-4-6-11(7-5-10)12(17)8-16-13(18)15(2)9-14-16/h4-7,9H,3,8H2,1-2H3. The molecule has 0 bridgehead atoms. The zero-order valence-corrected chi connectivity index (χ0v) is 10.5. The number of carbonyl (C=O) groups is 1. The molecule has 94 valence electrons. The van der Waals surface area contributed by atoms with Crippen molar-refractivity contribution in [1.82, 2.24) is 14.3 Å². The minimum absolute atomic E-state index is 0.0227. The minimum Gasteiger partial charge on any atom is -0.292 e. The molecule has 0 unspecified atom stereocenters. The van der Waals surface area contributed by atoms with E-state index < -0.39 is 0 Å². The van der Waals surface area contributed by atoms with Crippen molar-refractivity contribution in [2.75, 3.05) is 0 Å². The van der Waals surface area contributed by atoms with Crippen molar-refractivity contribution in [3.63, 3.8) is 0 Å². The molecule has 1 aromatic heterocycles. The van der Waals surface area contributed by atoms with Gasteiger partial charge >= 0.3 is 5.69 Å². The summed E-state index contributed by atoms with van der Waals surface area (Å²) in [5.74, 6) is -0.113. The Morgan fingerprint density at radius 2 is 1.94 bits per heavy atom. The van der Waals surface area contributed by atoms with Crippen LogP contribution < -0.4 is 5.69 Å². The van der Waals surface area contributed by atoms with Crippen molar-refractivity contribution < 1.29 is 4.79 Å². The summed E-state index contributed by atoms with van der Waals surface area (Å²) in [5.41, 5.74) is 1.50. The second-order valence-electron chi connectivity index (χ2n) is 4.16. The summed E-state index contributed by atoms with van der Waals surface area (Å²) in [7, 11) is 1.60. The van der Waals surface area contributed by atoms with E-state index in [0.717, 1.165) is 11.1 Å². The molecule has 18 heavy (non-hydrogen) atoms. The van der Waals surface area contributed by atoms with Crippen LogP contribution in [-0.2, 0) is 20.0 Å². The van der Waals surface area contributed by atoms with E-state index in [9.17, 15) is 9.59 Å². The Morgan fingerprint density at radius 1 is 1.28 bits per heavy atom. The van der Waals surface area contributed by atoms with Gasteiger partial charge in [0, 0.05) is 12.6 Å². The average Bonchev–Trinajstić information content (AvgIpc) is 2.71. The van der Waals surface area contributed by atoms with Crippen LogP contribution in [0.1, 0.15) is 22.8 Å². The number of aryl methyl sites for hydroxylation is 2. The Bertz CT molecular complexity index is 608. The van der Waals surface area contributed by atoms with Crippen LogP contribution in [0.3, 0.4) is 0 Å². The summed E-state index contributed by atoms with van der Waals surface area (Å²) in [5, 5.41) is 3.86. The Morgan fingerprint density at radius 3 is 2.44 bits per heavy atom. The molecule has 0 spiro atoms. The third kappa shape index (κ3) is 2.40. The molecule has 0 fully saturated rings. The Labute approximate surface area is 105 Å². The molecule has 1 heterocycles. The molecule has 5 heteroatoms. The molecule has 0 amide bonds. The molecule has 1 aromatic carbocycles. The number of nitrogens with zero attached hydrogens (tertiary/aromatic N) is 3. The summed E-state index contributed by atoms with van der Waals surface area (Å²) in [6.45, 7) is 2.04. The van der Waals surface area contributed by atoms with Crippen LogP contribution in [0.25, 0.3) is 0 Å². The number of ketones is 1. The topological polar surface area (TPSA) is 56.9 Å². The lowest BCUT2D eigenvalue weighted by Crippen LogP contribution is -2.26. The number of rotatable bonds is 4. The SMILES string of the molecule is CCc1ccc(C(=O)Cn2ncn(C)c2=O)cc1. The van der Waals surface area contributed by atoms with Gasteiger partial charge in [0.15, 0.2) is 5.78 Å². The van der Waals surface area contributed by atoms with E-state index in [1.165, 1.54) is 16.5 Å². The van der Waals surface area contributed by atoms with Crippen molar-refractivity contribution in [3.05, 3.63) is 52.2 Å². The van der Waals surface area contributed by atoms with Crippen LogP contribution in [0.2, 0.25) is 0 Å². The van der Waals surface area contributed by atoms with Crippen molar-refractivity contribution in [3.8, 4) is 0 Å². The maximum atomic E-state index is 12.0. The number of carbonyl (C=O) groups excluding carboxylic acids is 1. The number of benzene rings is 1. The minimum atomic E-state index is -0.284. The van der Waals surface area contributed by atoms with Crippen LogP contribution in [0.5, 0.6) is 0 Å². The third-order valence-corrected chi connectivity index (χ3v) is 2.86. The zero-order chi connectivity index (χ0) is 13.1. The molecule has 0 saturated carbocycles. The van der Waals surface area contributed by atoms with E-state index >= 15 is 0 Å². The highest BCUT2D eigenvalue weighted by atomic mass is 16.2. The number of Topliss-reactive ketones (excluding diaryl/α,β-unsaturated/α-hetero) is 1. The molecule has 0 N–H and O–H groups in total. The molecule has 0 atom stereocenters. The summed E-state index contributed by atoms with van der Waals surface area (Å²) in [6.07, 6.45) is 2.34. The predicted octanol–water partition coefficient (Wildman–Crippen LogP) is 1.03. The van der Waals surface area contributed by atoms with E-state index in [1.807, 2.05) is 12.1 Å². The predicted molar refractivity (Wildman–Crippen MR) is 67.6 cm³/mol. The van der Waals surface area contributed by atoms with Crippen molar-refractivity contribution >= 4 is 5.78 Å². The first-order chi connectivity index (χ1) is 8.61. The van der Waals surface area contributed by atoms with Gasteiger partial charge < -0.3 is 0 Å². The van der Waals surface area contributed by atoms with Gasteiger partial charge in [-0.2, -0.15) is 5.10 Å². The second kappa shape index (κ2) is 5.00. The van der Waals surface area contributed by atoms with Crippen molar-refractivity contribution in [2.45, 2.75) is 19.9 Å². The first kappa shape index (κ1) is 12.3. The fourth-order valence-electron chi connectivity index (χ4n) is 1.68. The number of hydrogen-bond acceptors (Lipinski definition) is 3. The average molecular weight is 245 g/mol. The van der Waals surface area contributed by atoms with E-state index in [4.69, 9.17) is 0 Å². The first-order valence-corrected chi connectivity index (χ1v) is 5.82. The summed E-state index contributed by atoms with van der Waals surface area (Å²) >= 11 is 0. The van der Waals surface area contributed by atoms with Gasteiger partial charge in [-0.25, -0.2) is 9.48 Å². The fourth-order valence-corrected chi connectivity index (χ4v) is 1.68. The number of aromatic nitrogens is 3. The van der Waals surface area contributed by atoms with Gasteiger partial charge in [0.05, 0.1) is 0 Å². The van der Waals surface area contributed by atoms with Crippen LogP contribution in [-0.4, -0.2) is 20.1 Å². The Kier molecular flexibility index (Phi) is 3.41. The van der Waals surface area contributed by atoms with Gasteiger partial charge in [-0.15, -0.1) is 0 Å². The van der Waals surface area contributed by atoms with Gasteiger partial charge in [0.1, 0.15) is 12.9 Å². The molecule has 2 rings (SSSR count). The van der Waals surface area contributed by atoms with E-state index in [1.54, 1.807) is 19.2 Å². The summed E-state index contributed by atoms with van der Waals surface area (Å²) in [4.78, 5) is 23.5. The molecular weight excluding hydrogens is 230 g/mol. The maximum Gasteiger partial charge on any atom is 0.345 e. The highest BCUT2D eigenvalue weighted by Gasteiger charge is 2.10. The smallest absolute Gasteiger partial charge is 0.292 e. The zero-order valence-electron chi connectivity index (χ0n) is 10.5. The van der Waals surface area contributed by atoms with Crippen LogP contribution >= 0.6 is 0 Å². The van der Waals surface area contributed by atoms with Crippen molar-refractivity contribution in [1.29, 1.82) is 0 Å². The molecule has 2 aromatic rings. The van der Waals surface area contributed by atoms with Crippen LogP contribution in [0.15, 0.2) is 35.4 Å². The molecule has 0 saturated heterocycles. The van der Waals surface area contributed by atoms with Gasteiger partial charge in [0.25, 0.3) is 0 Å². The highest BCUT2D eigenvalue weighted by molar-refractivity contribution is 5.95. The summed E-state index contributed by atoms with van der Waals surface area (Å²) < 4.78 is 2.50. The van der Waals surface area contributed by atoms with E-state index in [0.29, 0.717) is 5.56 Å². The molecule has 0 aliphatic heterocycles. The second-order valence-corrected chi connectivity index (χ2v) is 4.16. The molecule has 5 nitrogen and oxygen atoms in total. The highest BCUT2D eigenvalue weighted by Crippen LogP contribution is 2.06. The Balaban J connectivity index is 2.16. The number of hydrogen-bond donors (Lipinski definition) is 0. The van der Waals surface area contributed by atoms with Gasteiger partial charge in [-0.1, -0.05) is 31.2 Å². The lowest BCUT2D eigenvalue weighted by atomic mass is 10.1. The van der Waals surface area contributed by atoms with Crippen LogP contribution in [0, 0.1) is 0 Å². The lowest BCUT2D eigenvalue weighted by molar-refractivity contribution is 0.0966. The largest absolute Gasteiger partial charge is 0.345 e. The third-order valence-electron chi connectivity index (χ3n) is 2.86. The van der Waals surface area contributed by atoms with E-state index in [2.05, 4.69) is 12.0 Å². The van der Waals surface area contributed by atoms with Crippen LogP contribution in [0.4, 0.5) is 0 Å². The molecular formula is C13H15N3O2. The van der Waals surface area contributed by atoms with Gasteiger partial charge in [0.2, 0.25) is 0 Å². The van der Waals surface area contributed by atoms with Crippen molar-refractivity contribution in [2.24, 2.45) is 7.05 Å². The quantitative estimate of drug-likeness (QED) is 0.756. The monoisotopic (exact) mass is 245 g/mol. The molecule has 0 aliphatic rings. The molecule has 0 radical (unpaired) electrons. The first-order valence-electron chi connectivity index (χ1n) is 5.82. The van der Waals surface area contributed by atoms with E-state index in [-0.39, 0.29) is 18.0 Å². The fraction of sp³-hybridized carbons (Fsp3) is 0.308. The maximum absolute atomic E-state index is 12.0. The molecule has 0 aliphatic carbocycles.